The summed E-state index contributed by atoms with van der Waals surface area (Å²) in [5, 5.41) is 3.63. The summed E-state index contributed by atoms with van der Waals surface area (Å²) in [5.74, 6) is -1.14. The van der Waals surface area contributed by atoms with Gasteiger partial charge in [0.05, 0.1) is 19.6 Å². The van der Waals surface area contributed by atoms with Gasteiger partial charge >= 0.3 is 11.9 Å². The van der Waals surface area contributed by atoms with E-state index in [9.17, 15) is 14.4 Å². The molecule has 1 atom stereocenters. The quantitative estimate of drug-likeness (QED) is 0.275. The molecule has 0 saturated heterocycles. The van der Waals surface area contributed by atoms with Crippen molar-refractivity contribution in [2.24, 2.45) is 0 Å². The van der Waals surface area contributed by atoms with E-state index in [1.165, 1.54) is 0 Å². The molecule has 0 heterocycles. The lowest BCUT2D eigenvalue weighted by atomic mass is 9.99. The van der Waals surface area contributed by atoms with Crippen LogP contribution in [-0.2, 0) is 36.7 Å². The molecule has 0 fully saturated rings. The van der Waals surface area contributed by atoms with Crippen LogP contribution >= 0.6 is 11.6 Å². The van der Waals surface area contributed by atoms with E-state index < -0.39 is 12.0 Å². The minimum Gasteiger partial charge on any atom is -0.466 e. The molecule has 1 aliphatic rings. The normalized spacial score (nSPS) is 13.2. The average Bonchev–Trinajstić information content (AvgIpc) is 3.45. The largest absolute Gasteiger partial charge is 0.466 e. The predicted molar refractivity (Wildman–Crippen MR) is 156 cm³/mol. The van der Waals surface area contributed by atoms with Crippen molar-refractivity contribution in [3.63, 3.8) is 0 Å². The minimum atomic E-state index is -0.480. The van der Waals surface area contributed by atoms with Crippen molar-refractivity contribution in [1.82, 2.24) is 5.32 Å². The van der Waals surface area contributed by atoms with Gasteiger partial charge in [0, 0.05) is 35.1 Å². The number of hydrogen-bond donors (Lipinski definition) is 1. The van der Waals surface area contributed by atoms with Gasteiger partial charge in [-0.05, 0) is 47.7 Å². The van der Waals surface area contributed by atoms with E-state index in [0.29, 0.717) is 29.0 Å². The molecule has 0 bridgehead atoms. The van der Waals surface area contributed by atoms with E-state index in [2.05, 4.69) is 5.32 Å². The van der Waals surface area contributed by atoms with E-state index in [1.54, 1.807) is 19.1 Å². The van der Waals surface area contributed by atoms with Crippen LogP contribution in [0.3, 0.4) is 0 Å². The monoisotopic (exact) mass is 557 g/mol. The van der Waals surface area contributed by atoms with E-state index in [0.717, 1.165) is 22.3 Å². The van der Waals surface area contributed by atoms with Crippen molar-refractivity contribution < 1.29 is 23.9 Å². The molecule has 3 aromatic rings. The number of hydrogen-bond acceptors (Lipinski definition) is 5. The molecule has 4 rings (SSSR count). The molecular weight excluding hydrogens is 526 g/mol. The SMILES string of the molecule is CCOC(=O)C[C@@H](Cc1ccc(-c2cccc(Cl)c2)cc1)NC(=O)C1=CC=C(C(=O)OCCc2ccccc2)C1. The molecule has 40 heavy (non-hydrogen) atoms. The number of esters is 2. The number of carbonyl (C=O) groups is 3. The Labute approximate surface area is 239 Å². The van der Waals surface area contributed by atoms with Gasteiger partial charge in [0.2, 0.25) is 5.91 Å². The Kier molecular flexibility index (Phi) is 10.3. The highest BCUT2D eigenvalue weighted by Gasteiger charge is 2.24. The van der Waals surface area contributed by atoms with Crippen molar-refractivity contribution in [3.05, 3.63) is 118 Å². The third-order valence-corrected chi connectivity index (χ3v) is 6.77. The number of ether oxygens (including phenoxy) is 2. The minimum absolute atomic E-state index is 0.0325. The summed E-state index contributed by atoms with van der Waals surface area (Å²) in [7, 11) is 0. The molecule has 0 saturated carbocycles. The summed E-state index contributed by atoms with van der Waals surface area (Å²) < 4.78 is 10.5. The number of carbonyl (C=O) groups excluding carboxylic acids is 3. The molecule has 1 amide bonds. The summed E-state index contributed by atoms with van der Waals surface area (Å²) >= 11 is 6.13. The third kappa shape index (κ3) is 8.42. The van der Waals surface area contributed by atoms with Gasteiger partial charge in [-0.25, -0.2) is 4.79 Å². The molecule has 0 radical (unpaired) electrons. The van der Waals surface area contributed by atoms with Gasteiger partial charge in [-0.15, -0.1) is 0 Å². The molecule has 0 aliphatic heterocycles. The molecular formula is C33H32ClNO5. The second-order valence-corrected chi connectivity index (χ2v) is 9.96. The van der Waals surface area contributed by atoms with Crippen LogP contribution in [0.5, 0.6) is 0 Å². The molecule has 1 aliphatic carbocycles. The maximum Gasteiger partial charge on any atom is 0.334 e. The topological polar surface area (TPSA) is 81.7 Å². The summed E-state index contributed by atoms with van der Waals surface area (Å²) in [6.07, 6.45) is 4.52. The molecule has 1 N–H and O–H groups in total. The first kappa shape index (κ1) is 28.8. The van der Waals surface area contributed by atoms with Gasteiger partial charge in [-0.1, -0.05) is 90.5 Å². The smallest absolute Gasteiger partial charge is 0.334 e. The third-order valence-electron chi connectivity index (χ3n) is 6.53. The summed E-state index contributed by atoms with van der Waals surface area (Å²) in [5.41, 5.74) is 4.94. The molecule has 206 valence electrons. The fourth-order valence-corrected chi connectivity index (χ4v) is 4.67. The number of rotatable bonds is 12. The van der Waals surface area contributed by atoms with Crippen LogP contribution in [0, 0.1) is 0 Å². The zero-order valence-electron chi connectivity index (χ0n) is 22.4. The number of halogens is 1. The molecule has 6 nitrogen and oxygen atoms in total. The number of nitrogens with one attached hydrogen (secondary N) is 1. The van der Waals surface area contributed by atoms with Crippen molar-refractivity contribution in [2.45, 2.75) is 38.6 Å². The second-order valence-electron chi connectivity index (χ2n) is 9.52. The lowest BCUT2D eigenvalue weighted by Gasteiger charge is -2.19. The molecule has 0 unspecified atom stereocenters. The highest BCUT2D eigenvalue weighted by atomic mass is 35.5. The van der Waals surface area contributed by atoms with Gasteiger partial charge in [0.1, 0.15) is 0 Å². The lowest BCUT2D eigenvalue weighted by Crippen LogP contribution is -2.39. The number of allylic oxidation sites excluding steroid dienone is 2. The van der Waals surface area contributed by atoms with E-state index in [1.807, 2.05) is 78.9 Å². The van der Waals surface area contributed by atoms with Crippen LogP contribution in [0.1, 0.15) is 30.9 Å². The Morgan fingerprint density at radius 3 is 2.33 bits per heavy atom. The maximum atomic E-state index is 13.1. The Morgan fingerprint density at radius 2 is 1.60 bits per heavy atom. The van der Waals surface area contributed by atoms with Crippen LogP contribution < -0.4 is 5.32 Å². The predicted octanol–water partition coefficient (Wildman–Crippen LogP) is 6.03. The van der Waals surface area contributed by atoms with Gasteiger partial charge in [-0.3, -0.25) is 9.59 Å². The summed E-state index contributed by atoms with van der Waals surface area (Å²) in [6, 6.07) is 24.8. The van der Waals surface area contributed by atoms with Crippen LogP contribution in [0.4, 0.5) is 0 Å². The Bertz CT molecular complexity index is 1400. The zero-order chi connectivity index (χ0) is 28.3. The molecule has 0 aromatic heterocycles. The van der Waals surface area contributed by atoms with Gasteiger partial charge < -0.3 is 14.8 Å². The van der Waals surface area contributed by atoms with Crippen LogP contribution in [0.2, 0.25) is 5.02 Å². The Hall–Kier alpha value is -4.16. The van der Waals surface area contributed by atoms with Crippen molar-refractivity contribution in [1.29, 1.82) is 0 Å². The van der Waals surface area contributed by atoms with Gasteiger partial charge in [-0.2, -0.15) is 0 Å². The van der Waals surface area contributed by atoms with Crippen LogP contribution in [-0.4, -0.2) is 37.1 Å². The summed E-state index contributed by atoms with van der Waals surface area (Å²) in [4.78, 5) is 37.9. The highest BCUT2D eigenvalue weighted by molar-refractivity contribution is 6.30. The lowest BCUT2D eigenvalue weighted by molar-refractivity contribution is -0.143. The first-order chi connectivity index (χ1) is 19.4. The maximum absolute atomic E-state index is 13.1. The van der Waals surface area contributed by atoms with Crippen molar-refractivity contribution >= 4 is 29.4 Å². The standard InChI is InChI=1S/C33H32ClNO5/c1-2-39-31(36)22-30(19-24-11-13-25(14-12-24)26-9-6-10-29(34)21-26)35-32(37)27-15-16-28(20-27)33(38)40-18-17-23-7-4-3-5-8-23/h3-16,21,30H,2,17-20,22H2,1H3,(H,35,37)/t30-/m1/s1. The first-order valence-corrected chi connectivity index (χ1v) is 13.7. The summed E-state index contributed by atoms with van der Waals surface area (Å²) in [6.45, 7) is 2.27. The van der Waals surface area contributed by atoms with Crippen LogP contribution in [0.25, 0.3) is 11.1 Å². The average molecular weight is 558 g/mol. The fraction of sp³-hybridized carbons (Fsp3) is 0.242. The second kappa shape index (κ2) is 14.3. The first-order valence-electron chi connectivity index (χ1n) is 13.3. The van der Waals surface area contributed by atoms with Gasteiger partial charge in [0.25, 0.3) is 0 Å². The van der Waals surface area contributed by atoms with E-state index in [4.69, 9.17) is 21.1 Å². The Morgan fingerprint density at radius 1 is 0.850 bits per heavy atom. The molecule has 3 aromatic carbocycles. The molecule has 7 heteroatoms. The van der Waals surface area contributed by atoms with Crippen molar-refractivity contribution in [2.75, 3.05) is 13.2 Å². The van der Waals surface area contributed by atoms with E-state index in [-0.39, 0.29) is 37.9 Å². The zero-order valence-corrected chi connectivity index (χ0v) is 23.2. The Balaban J connectivity index is 1.33. The number of amides is 1. The van der Waals surface area contributed by atoms with Crippen molar-refractivity contribution in [3.8, 4) is 11.1 Å². The number of benzene rings is 3. The molecule has 0 spiro atoms. The highest BCUT2D eigenvalue weighted by Crippen LogP contribution is 2.24. The van der Waals surface area contributed by atoms with Gasteiger partial charge in [0.15, 0.2) is 0 Å². The van der Waals surface area contributed by atoms with Crippen LogP contribution in [0.15, 0.2) is 102 Å². The van der Waals surface area contributed by atoms with E-state index >= 15 is 0 Å². The fourth-order valence-electron chi connectivity index (χ4n) is 4.48.